The van der Waals surface area contributed by atoms with Gasteiger partial charge in [-0.1, -0.05) is 39.3 Å². The van der Waals surface area contributed by atoms with Gasteiger partial charge in [-0.3, -0.25) is 9.59 Å². The molecule has 0 radical (unpaired) electrons. The van der Waals surface area contributed by atoms with Crippen LogP contribution in [0, 0.1) is 50.2 Å². The lowest BCUT2D eigenvalue weighted by atomic mass is 9.33. The van der Waals surface area contributed by atoms with E-state index in [9.17, 15) is 45.3 Å². The summed E-state index contributed by atoms with van der Waals surface area (Å²) < 4.78 is 16.7. The van der Waals surface area contributed by atoms with Crippen molar-refractivity contribution in [2.45, 2.75) is 135 Å². The molecule has 4 saturated carbocycles. The standard InChI is InChI=1S/C37H58O12/c1-32(30(45)47-6)11-13-37(31(46)49-29-27(43)26(42)25(41)22(17-38)48-29)14-12-35(4)19(20(37)15-32)7-8-24-33(2)16-21(40)28(44)34(3,18-39)23(33)9-10-36(24,35)5/h7,20-29,38-44H,8-18H2,1-6H3/t20?,21-,22-,23?,24?,25-,26+,27-,28-,29+,32-,33-,34-,35+,36+,37-/m0/s1. The fraction of sp³-hybridized carbons (Fsp3) is 0.892. The first-order valence-corrected chi connectivity index (χ1v) is 18.1. The van der Waals surface area contributed by atoms with Crippen LogP contribution >= 0.6 is 0 Å². The summed E-state index contributed by atoms with van der Waals surface area (Å²) in [5.41, 5.74) is -2.72. The lowest BCUT2D eigenvalue weighted by Crippen LogP contribution is -2.68. The predicted octanol–water partition coefficient (Wildman–Crippen LogP) is 1.59. The highest BCUT2D eigenvalue weighted by atomic mass is 16.7. The normalized spacial score (nSPS) is 53.9. The van der Waals surface area contributed by atoms with Crippen LogP contribution in [0.3, 0.4) is 0 Å². The van der Waals surface area contributed by atoms with Gasteiger partial charge in [-0.2, -0.15) is 0 Å². The number of aliphatic hydroxyl groups is 7. The Hall–Kier alpha value is -1.64. The summed E-state index contributed by atoms with van der Waals surface area (Å²) in [7, 11) is 1.37. The van der Waals surface area contributed by atoms with Gasteiger partial charge in [-0.05, 0) is 98.7 Å². The van der Waals surface area contributed by atoms with Crippen LogP contribution in [0.4, 0.5) is 0 Å². The SMILES string of the molecule is COC(=O)[C@@]1(C)CC[C@]2(C(=O)O[C@H]3O[C@@H](CO)[C@H](O)[C@@H](O)[C@@H]3O)CC[C@]3(C)C(=CCC4[C@@]5(C)C[C@H](O)[C@H](O)[C@@](C)(CO)C5CC[C@]43C)C2C1. The van der Waals surface area contributed by atoms with Gasteiger partial charge in [0.15, 0.2) is 0 Å². The fourth-order valence-corrected chi connectivity index (χ4v) is 12.4. The van der Waals surface area contributed by atoms with Crippen LogP contribution in [-0.2, 0) is 23.8 Å². The number of methoxy groups -OCH3 is 1. The van der Waals surface area contributed by atoms with Crippen LogP contribution in [0.25, 0.3) is 0 Å². The van der Waals surface area contributed by atoms with Gasteiger partial charge in [0.2, 0.25) is 6.29 Å². The van der Waals surface area contributed by atoms with Gasteiger partial charge < -0.3 is 50.0 Å². The molecule has 7 N–H and O–H groups in total. The number of fused-ring (bicyclic) bond motifs is 7. The number of rotatable bonds is 5. The Morgan fingerprint density at radius 1 is 0.857 bits per heavy atom. The largest absolute Gasteiger partial charge is 0.469 e. The van der Waals surface area contributed by atoms with E-state index in [0.29, 0.717) is 44.9 Å². The molecular formula is C37H58O12. The zero-order valence-electron chi connectivity index (χ0n) is 29.8. The molecule has 1 heterocycles. The van der Waals surface area contributed by atoms with Crippen molar-refractivity contribution in [2.75, 3.05) is 20.3 Å². The summed E-state index contributed by atoms with van der Waals surface area (Å²) in [4.78, 5) is 27.8. The highest BCUT2D eigenvalue weighted by molar-refractivity contribution is 5.81. The van der Waals surface area contributed by atoms with Crippen molar-refractivity contribution in [3.63, 3.8) is 0 Å². The van der Waals surface area contributed by atoms with E-state index in [-0.39, 0.29) is 35.2 Å². The van der Waals surface area contributed by atoms with Crippen molar-refractivity contribution in [3.8, 4) is 0 Å². The highest BCUT2D eigenvalue weighted by Crippen LogP contribution is 2.76. The lowest BCUT2D eigenvalue weighted by Gasteiger charge is -2.71. The second-order valence-corrected chi connectivity index (χ2v) is 17.7. The van der Waals surface area contributed by atoms with Gasteiger partial charge in [-0.15, -0.1) is 0 Å². The topological polar surface area (TPSA) is 203 Å². The first kappa shape index (κ1) is 37.1. The minimum atomic E-state index is -1.73. The summed E-state index contributed by atoms with van der Waals surface area (Å²) in [6, 6.07) is 0. The van der Waals surface area contributed by atoms with Crippen molar-refractivity contribution in [1.82, 2.24) is 0 Å². The van der Waals surface area contributed by atoms with Gasteiger partial charge >= 0.3 is 11.9 Å². The molecule has 0 aromatic rings. The molecule has 1 aliphatic heterocycles. The van der Waals surface area contributed by atoms with Crippen molar-refractivity contribution < 1.29 is 59.5 Å². The third kappa shape index (κ3) is 4.98. The van der Waals surface area contributed by atoms with Crippen LogP contribution < -0.4 is 0 Å². The number of carbonyl (C=O) groups excluding carboxylic acids is 2. The molecule has 12 heteroatoms. The smallest absolute Gasteiger partial charge is 0.315 e. The Labute approximate surface area is 288 Å². The van der Waals surface area contributed by atoms with Gasteiger partial charge in [-0.25, -0.2) is 0 Å². The van der Waals surface area contributed by atoms with Crippen molar-refractivity contribution in [2.24, 2.45) is 50.2 Å². The maximum Gasteiger partial charge on any atom is 0.315 e. The predicted molar refractivity (Wildman–Crippen MR) is 174 cm³/mol. The minimum Gasteiger partial charge on any atom is -0.469 e. The molecule has 49 heavy (non-hydrogen) atoms. The summed E-state index contributed by atoms with van der Waals surface area (Å²) in [5.74, 6) is -1.26. The number of ether oxygens (including phenoxy) is 3. The maximum absolute atomic E-state index is 14.5. The molecule has 6 aliphatic rings. The summed E-state index contributed by atoms with van der Waals surface area (Å²) >= 11 is 0. The molecule has 6 rings (SSSR count). The number of esters is 2. The average molecular weight is 695 g/mol. The monoisotopic (exact) mass is 694 g/mol. The van der Waals surface area contributed by atoms with E-state index in [4.69, 9.17) is 14.2 Å². The molecule has 16 atom stereocenters. The number of hydrogen-bond donors (Lipinski definition) is 7. The Morgan fingerprint density at radius 3 is 2.16 bits per heavy atom. The zero-order chi connectivity index (χ0) is 36.1. The van der Waals surface area contributed by atoms with E-state index in [2.05, 4.69) is 26.8 Å². The van der Waals surface area contributed by atoms with Crippen LogP contribution in [0.2, 0.25) is 0 Å². The summed E-state index contributed by atoms with van der Waals surface area (Å²) in [6.45, 7) is 9.70. The number of allylic oxidation sites excluding steroid dienone is 2. The van der Waals surface area contributed by atoms with Crippen molar-refractivity contribution >= 4 is 11.9 Å². The van der Waals surface area contributed by atoms with E-state index in [1.807, 2.05) is 13.8 Å². The van der Waals surface area contributed by atoms with Crippen LogP contribution in [0.15, 0.2) is 11.6 Å². The molecule has 0 aromatic carbocycles. The average Bonchev–Trinajstić information content (AvgIpc) is 3.07. The summed E-state index contributed by atoms with van der Waals surface area (Å²) in [6.07, 6.45) is -2.76. The van der Waals surface area contributed by atoms with E-state index in [0.717, 1.165) is 18.4 Å². The Bertz CT molecular complexity index is 1350. The van der Waals surface area contributed by atoms with Crippen LogP contribution in [-0.4, -0.2) is 111 Å². The molecule has 1 saturated heterocycles. The molecule has 5 aliphatic carbocycles. The zero-order valence-corrected chi connectivity index (χ0v) is 29.8. The second-order valence-electron chi connectivity index (χ2n) is 17.7. The quantitative estimate of drug-likeness (QED) is 0.162. The fourth-order valence-electron chi connectivity index (χ4n) is 12.4. The maximum atomic E-state index is 14.5. The number of hydrogen-bond acceptors (Lipinski definition) is 12. The molecular weight excluding hydrogens is 636 g/mol. The molecule has 278 valence electrons. The first-order valence-electron chi connectivity index (χ1n) is 18.1. The third-order valence-electron chi connectivity index (χ3n) is 15.7. The Morgan fingerprint density at radius 2 is 1.53 bits per heavy atom. The molecule has 5 fully saturated rings. The minimum absolute atomic E-state index is 0.00600. The van der Waals surface area contributed by atoms with E-state index >= 15 is 0 Å². The molecule has 0 spiro atoms. The van der Waals surface area contributed by atoms with Gasteiger partial charge in [0, 0.05) is 5.41 Å². The highest BCUT2D eigenvalue weighted by Gasteiger charge is 2.71. The molecule has 12 nitrogen and oxygen atoms in total. The van der Waals surface area contributed by atoms with Crippen LogP contribution in [0.1, 0.15) is 92.4 Å². The number of aliphatic hydroxyl groups excluding tert-OH is 7. The molecule has 3 unspecified atom stereocenters. The van der Waals surface area contributed by atoms with Crippen molar-refractivity contribution in [3.05, 3.63) is 11.6 Å². The van der Waals surface area contributed by atoms with Gasteiger partial charge in [0.05, 0.1) is 43.4 Å². The lowest BCUT2D eigenvalue weighted by molar-refractivity contribution is -0.297. The summed E-state index contributed by atoms with van der Waals surface area (Å²) in [5, 5.41) is 74.0. The van der Waals surface area contributed by atoms with Crippen molar-refractivity contribution in [1.29, 1.82) is 0 Å². The Balaban J connectivity index is 1.40. The van der Waals surface area contributed by atoms with E-state index in [1.54, 1.807) is 0 Å². The number of carbonyl (C=O) groups is 2. The van der Waals surface area contributed by atoms with Gasteiger partial charge in [0.25, 0.3) is 0 Å². The molecule has 0 aromatic heterocycles. The third-order valence-corrected chi connectivity index (χ3v) is 15.7. The van der Waals surface area contributed by atoms with Crippen LogP contribution in [0.5, 0.6) is 0 Å². The molecule has 0 bridgehead atoms. The van der Waals surface area contributed by atoms with E-state index < -0.39 is 83.1 Å². The first-order chi connectivity index (χ1) is 22.8. The molecule has 0 amide bonds. The van der Waals surface area contributed by atoms with E-state index in [1.165, 1.54) is 7.11 Å². The van der Waals surface area contributed by atoms with Gasteiger partial charge in [0.1, 0.15) is 24.4 Å². The second kappa shape index (κ2) is 12.2. The Kier molecular flexibility index (Phi) is 9.26.